The molecule has 4 heterocycles. The molecule has 1 atom stereocenters. The summed E-state index contributed by atoms with van der Waals surface area (Å²) in [7, 11) is 0. The Labute approximate surface area is 203 Å². The van der Waals surface area contributed by atoms with Crippen molar-refractivity contribution in [1.29, 1.82) is 0 Å². The summed E-state index contributed by atoms with van der Waals surface area (Å²) in [6.45, 7) is 12.0. The Kier molecular flexibility index (Phi) is 6.81. The summed E-state index contributed by atoms with van der Waals surface area (Å²) in [5.74, 6) is 0.868. The van der Waals surface area contributed by atoms with Crippen molar-refractivity contribution in [2.45, 2.75) is 47.6 Å². The van der Waals surface area contributed by atoms with Crippen LogP contribution in [0, 0.1) is 20.8 Å². The van der Waals surface area contributed by atoms with E-state index in [1.165, 1.54) is 0 Å². The standard InChI is InChI=1S/C23H23N7O3.C2H6/c1-12-5-6-16(27-21(31)20-14(3)26-15(4)33-20)7-18(12)19-10-30-9-17(8-24-22(30)29-19)28-23-25-13(2)11-32-23;1-2/h5-10,13H,11H2,1-4H3,(H,25,28)(H,27,31);1-2H3. The Hall–Kier alpha value is -4.21. The number of anilines is 2. The Bertz CT molecular complexity index is 1400. The molecule has 10 heteroatoms. The monoisotopic (exact) mass is 475 g/mol. The second kappa shape index (κ2) is 9.96. The molecule has 1 aliphatic heterocycles. The molecule has 0 spiro atoms. The van der Waals surface area contributed by atoms with Crippen molar-refractivity contribution in [3.63, 3.8) is 0 Å². The van der Waals surface area contributed by atoms with Crippen LogP contribution in [0.3, 0.4) is 0 Å². The van der Waals surface area contributed by atoms with Crippen molar-refractivity contribution >= 4 is 29.1 Å². The summed E-state index contributed by atoms with van der Waals surface area (Å²) in [6, 6.07) is 6.28. The molecular formula is C25H29N7O3. The van der Waals surface area contributed by atoms with Crippen LogP contribution in [0.1, 0.15) is 48.5 Å². The number of benzene rings is 1. The number of hydrogen-bond donors (Lipinski definition) is 2. The van der Waals surface area contributed by atoms with Crippen LogP contribution in [0.15, 0.2) is 46.2 Å². The van der Waals surface area contributed by atoms with Gasteiger partial charge in [0.2, 0.25) is 11.5 Å². The Morgan fingerprint density at radius 1 is 1.11 bits per heavy atom. The smallest absolute Gasteiger partial charge is 0.293 e. The van der Waals surface area contributed by atoms with Crippen LogP contribution in [0.5, 0.6) is 0 Å². The van der Waals surface area contributed by atoms with E-state index in [1.807, 2.05) is 62.7 Å². The van der Waals surface area contributed by atoms with E-state index in [0.717, 1.165) is 22.5 Å². The van der Waals surface area contributed by atoms with Crippen LogP contribution in [0.4, 0.5) is 11.4 Å². The van der Waals surface area contributed by atoms with E-state index in [4.69, 9.17) is 9.15 Å². The first-order valence-corrected chi connectivity index (χ1v) is 11.5. The summed E-state index contributed by atoms with van der Waals surface area (Å²) in [4.78, 5) is 30.2. The zero-order valence-electron chi connectivity index (χ0n) is 20.7. The van der Waals surface area contributed by atoms with E-state index in [-0.39, 0.29) is 17.7 Å². The van der Waals surface area contributed by atoms with Crippen LogP contribution in [0.2, 0.25) is 0 Å². The van der Waals surface area contributed by atoms with Crippen LogP contribution in [-0.2, 0) is 4.74 Å². The number of oxazole rings is 1. The average Bonchev–Trinajstić information content (AvgIpc) is 3.54. The van der Waals surface area contributed by atoms with E-state index in [0.29, 0.717) is 35.7 Å². The SMILES string of the molecule is CC.Cc1nc(C)c(C(=O)Nc2ccc(C)c(-c3cn4cc(NC5=NC(C)CO5)cnc4n3)c2)o1. The number of carbonyl (C=O) groups is 1. The number of hydrogen-bond acceptors (Lipinski definition) is 8. The zero-order valence-corrected chi connectivity index (χ0v) is 20.7. The van der Waals surface area contributed by atoms with E-state index in [9.17, 15) is 4.79 Å². The molecule has 3 aromatic heterocycles. The Morgan fingerprint density at radius 2 is 1.91 bits per heavy atom. The van der Waals surface area contributed by atoms with Crippen molar-refractivity contribution in [3.8, 4) is 11.3 Å². The summed E-state index contributed by atoms with van der Waals surface area (Å²) in [5.41, 5.74) is 4.57. The number of fused-ring (bicyclic) bond motifs is 1. The quantitative estimate of drug-likeness (QED) is 0.436. The molecular weight excluding hydrogens is 446 g/mol. The third kappa shape index (κ3) is 5.16. The molecule has 0 fully saturated rings. The van der Waals surface area contributed by atoms with Gasteiger partial charge in [-0.1, -0.05) is 19.9 Å². The molecule has 0 saturated carbocycles. The van der Waals surface area contributed by atoms with Gasteiger partial charge in [-0.3, -0.25) is 9.20 Å². The molecule has 0 aliphatic carbocycles. The third-order valence-electron chi connectivity index (χ3n) is 5.24. The number of aliphatic imine (C=N–C) groups is 1. The minimum Gasteiger partial charge on any atom is -0.463 e. The highest BCUT2D eigenvalue weighted by atomic mass is 16.5. The van der Waals surface area contributed by atoms with Crippen molar-refractivity contribution in [2.75, 3.05) is 17.2 Å². The molecule has 4 aromatic rings. The molecule has 0 bridgehead atoms. The second-order valence-corrected chi connectivity index (χ2v) is 8.03. The van der Waals surface area contributed by atoms with E-state index >= 15 is 0 Å². The van der Waals surface area contributed by atoms with Crippen molar-refractivity contribution < 1.29 is 13.9 Å². The summed E-state index contributed by atoms with van der Waals surface area (Å²) >= 11 is 0. The maximum Gasteiger partial charge on any atom is 0.293 e. The predicted octanol–water partition coefficient (Wildman–Crippen LogP) is 4.77. The Morgan fingerprint density at radius 3 is 2.60 bits per heavy atom. The van der Waals surface area contributed by atoms with E-state index < -0.39 is 0 Å². The first-order valence-electron chi connectivity index (χ1n) is 11.5. The lowest BCUT2D eigenvalue weighted by atomic mass is 10.1. The van der Waals surface area contributed by atoms with E-state index in [2.05, 4.69) is 30.6 Å². The fourth-order valence-corrected chi connectivity index (χ4v) is 3.65. The lowest BCUT2D eigenvalue weighted by Gasteiger charge is -2.08. The number of amidine groups is 1. The minimum absolute atomic E-state index is 0.136. The Balaban J connectivity index is 0.00000141. The number of nitrogens with one attached hydrogen (secondary N) is 2. The fraction of sp³-hybridized carbons (Fsp3) is 0.320. The normalized spacial score (nSPS) is 14.7. The predicted molar refractivity (Wildman–Crippen MR) is 135 cm³/mol. The first kappa shape index (κ1) is 23.9. The fourth-order valence-electron chi connectivity index (χ4n) is 3.65. The van der Waals surface area contributed by atoms with Gasteiger partial charge in [0.25, 0.3) is 11.9 Å². The lowest BCUT2D eigenvalue weighted by Crippen LogP contribution is -2.12. The first-order chi connectivity index (χ1) is 16.9. The van der Waals surface area contributed by atoms with Crippen LogP contribution in [0.25, 0.3) is 17.0 Å². The van der Waals surface area contributed by atoms with Gasteiger partial charge in [0.1, 0.15) is 6.61 Å². The van der Waals surface area contributed by atoms with E-state index in [1.54, 1.807) is 20.0 Å². The molecule has 10 nitrogen and oxygen atoms in total. The highest BCUT2D eigenvalue weighted by Crippen LogP contribution is 2.27. The molecule has 182 valence electrons. The molecule has 0 saturated heterocycles. The molecule has 1 unspecified atom stereocenters. The van der Waals surface area contributed by atoms with Crippen LogP contribution < -0.4 is 10.6 Å². The number of aryl methyl sites for hydroxylation is 3. The van der Waals surface area contributed by atoms with Gasteiger partial charge in [-0.25, -0.2) is 19.9 Å². The van der Waals surface area contributed by atoms with Gasteiger partial charge in [0, 0.05) is 30.6 Å². The maximum atomic E-state index is 12.6. The van der Waals surface area contributed by atoms with Crippen LogP contribution >= 0.6 is 0 Å². The number of rotatable bonds is 4. The number of imidazole rings is 1. The molecule has 1 amide bonds. The van der Waals surface area contributed by atoms with Gasteiger partial charge in [-0.2, -0.15) is 0 Å². The van der Waals surface area contributed by atoms with Gasteiger partial charge in [-0.15, -0.1) is 0 Å². The highest BCUT2D eigenvalue weighted by Gasteiger charge is 2.18. The maximum absolute atomic E-state index is 12.6. The lowest BCUT2D eigenvalue weighted by molar-refractivity contribution is 0.0994. The largest absolute Gasteiger partial charge is 0.463 e. The molecule has 1 aliphatic rings. The minimum atomic E-state index is -0.346. The third-order valence-corrected chi connectivity index (χ3v) is 5.24. The number of ether oxygens (including phenoxy) is 1. The van der Waals surface area contributed by atoms with Gasteiger partial charge in [-0.05, 0) is 38.5 Å². The summed E-state index contributed by atoms with van der Waals surface area (Å²) < 4.78 is 12.8. The topological polar surface area (TPSA) is 119 Å². The number of carbonyl (C=O) groups excluding carboxylic acids is 1. The van der Waals surface area contributed by atoms with Crippen LogP contribution in [-0.4, -0.2) is 43.9 Å². The zero-order chi connectivity index (χ0) is 25.1. The van der Waals surface area contributed by atoms with Crippen molar-refractivity contribution in [1.82, 2.24) is 19.4 Å². The molecule has 5 rings (SSSR count). The summed E-state index contributed by atoms with van der Waals surface area (Å²) in [6.07, 6.45) is 5.46. The highest BCUT2D eigenvalue weighted by molar-refractivity contribution is 6.03. The second-order valence-electron chi connectivity index (χ2n) is 8.03. The molecule has 2 N–H and O–H groups in total. The molecule has 1 aromatic carbocycles. The number of aromatic nitrogens is 4. The average molecular weight is 476 g/mol. The molecule has 35 heavy (non-hydrogen) atoms. The van der Waals surface area contributed by atoms with Gasteiger partial charge < -0.3 is 19.8 Å². The molecule has 0 radical (unpaired) electrons. The van der Waals surface area contributed by atoms with Crippen molar-refractivity contribution in [3.05, 3.63) is 59.7 Å². The summed E-state index contributed by atoms with van der Waals surface area (Å²) in [5, 5.41) is 6.01. The number of amides is 1. The number of nitrogens with zero attached hydrogens (tertiary/aromatic N) is 5. The van der Waals surface area contributed by atoms with Gasteiger partial charge in [0.05, 0.1) is 29.3 Å². The van der Waals surface area contributed by atoms with Gasteiger partial charge in [0.15, 0.2) is 5.89 Å². The van der Waals surface area contributed by atoms with Crippen molar-refractivity contribution in [2.24, 2.45) is 4.99 Å². The van der Waals surface area contributed by atoms with Gasteiger partial charge >= 0.3 is 0 Å².